The Balaban J connectivity index is 2.33. The summed E-state index contributed by atoms with van der Waals surface area (Å²) in [6, 6.07) is 7.81. The first-order valence-corrected chi connectivity index (χ1v) is 8.15. The number of alkyl halides is 1. The van der Waals surface area contributed by atoms with Gasteiger partial charge in [0.05, 0.1) is 12.3 Å². The standard InChI is InChI=1S/C17H24ClNO2/c1-2-3-4-5-6-7-14-8-10-15(11-9-14)19-17(21)12-16(20)13-18/h8-11H,2-7,12-13H2,1H3,(H,19,21). The van der Waals surface area contributed by atoms with E-state index < -0.39 is 0 Å². The molecule has 0 aliphatic rings. The van der Waals surface area contributed by atoms with Crippen molar-refractivity contribution in [3.8, 4) is 0 Å². The summed E-state index contributed by atoms with van der Waals surface area (Å²) in [6.07, 6.45) is 7.26. The van der Waals surface area contributed by atoms with Crippen LogP contribution in [0.5, 0.6) is 0 Å². The molecule has 1 rings (SSSR count). The highest BCUT2D eigenvalue weighted by molar-refractivity contribution is 6.29. The zero-order chi connectivity index (χ0) is 15.5. The fourth-order valence-electron chi connectivity index (χ4n) is 2.12. The van der Waals surface area contributed by atoms with Crippen LogP contribution < -0.4 is 5.32 Å². The van der Waals surface area contributed by atoms with Crippen molar-refractivity contribution in [2.24, 2.45) is 0 Å². The number of rotatable bonds is 10. The van der Waals surface area contributed by atoms with Gasteiger partial charge in [0, 0.05) is 5.69 Å². The molecule has 0 fully saturated rings. The van der Waals surface area contributed by atoms with Crippen molar-refractivity contribution >= 4 is 29.0 Å². The third-order valence-electron chi connectivity index (χ3n) is 3.31. The molecule has 0 aliphatic carbocycles. The summed E-state index contributed by atoms with van der Waals surface area (Å²) in [5.74, 6) is -0.699. The van der Waals surface area contributed by atoms with Crippen molar-refractivity contribution in [1.29, 1.82) is 0 Å². The lowest BCUT2D eigenvalue weighted by molar-refractivity contribution is -0.124. The Kier molecular flexibility index (Phi) is 8.76. The Labute approximate surface area is 132 Å². The summed E-state index contributed by atoms with van der Waals surface area (Å²) < 4.78 is 0. The van der Waals surface area contributed by atoms with E-state index in [1.807, 2.05) is 24.3 Å². The van der Waals surface area contributed by atoms with Crippen LogP contribution in [0.3, 0.4) is 0 Å². The molecule has 1 amide bonds. The lowest BCUT2D eigenvalue weighted by Gasteiger charge is -2.06. The first-order valence-electron chi connectivity index (χ1n) is 7.62. The number of hydrogen-bond acceptors (Lipinski definition) is 2. The van der Waals surface area contributed by atoms with E-state index >= 15 is 0 Å². The number of amides is 1. The smallest absolute Gasteiger partial charge is 0.231 e. The van der Waals surface area contributed by atoms with E-state index in [9.17, 15) is 9.59 Å². The highest BCUT2D eigenvalue weighted by Crippen LogP contribution is 2.13. The number of nitrogens with one attached hydrogen (secondary N) is 1. The van der Waals surface area contributed by atoms with Gasteiger partial charge in [-0.3, -0.25) is 9.59 Å². The maximum Gasteiger partial charge on any atom is 0.231 e. The Bertz CT molecular complexity index is 443. The Morgan fingerprint density at radius 3 is 2.33 bits per heavy atom. The Morgan fingerprint density at radius 1 is 1.05 bits per heavy atom. The number of Topliss-reactive ketones (excluding diaryl/α,β-unsaturated/α-hetero) is 1. The fourth-order valence-corrected chi connectivity index (χ4v) is 2.21. The lowest BCUT2D eigenvalue weighted by Crippen LogP contribution is -2.17. The summed E-state index contributed by atoms with van der Waals surface area (Å²) in [5.41, 5.74) is 2.00. The average molecular weight is 310 g/mol. The maximum atomic E-state index is 11.5. The molecule has 3 nitrogen and oxygen atoms in total. The average Bonchev–Trinajstić information content (AvgIpc) is 2.48. The van der Waals surface area contributed by atoms with Crippen LogP contribution >= 0.6 is 11.6 Å². The molecule has 0 spiro atoms. The van der Waals surface area contributed by atoms with Gasteiger partial charge < -0.3 is 5.32 Å². The number of ketones is 1. The van der Waals surface area contributed by atoms with Crippen molar-refractivity contribution in [3.63, 3.8) is 0 Å². The summed E-state index contributed by atoms with van der Waals surface area (Å²) in [4.78, 5) is 22.6. The first-order chi connectivity index (χ1) is 10.2. The van der Waals surface area contributed by atoms with Crippen LogP contribution in [-0.4, -0.2) is 17.6 Å². The molecule has 1 aromatic rings. The van der Waals surface area contributed by atoms with E-state index in [1.54, 1.807) is 0 Å². The van der Waals surface area contributed by atoms with Gasteiger partial charge >= 0.3 is 0 Å². The van der Waals surface area contributed by atoms with E-state index in [4.69, 9.17) is 11.6 Å². The van der Waals surface area contributed by atoms with Gasteiger partial charge in [-0.05, 0) is 30.5 Å². The van der Waals surface area contributed by atoms with E-state index in [-0.39, 0.29) is 24.0 Å². The molecule has 0 atom stereocenters. The van der Waals surface area contributed by atoms with Crippen molar-refractivity contribution in [3.05, 3.63) is 29.8 Å². The van der Waals surface area contributed by atoms with Crippen molar-refractivity contribution in [2.75, 3.05) is 11.2 Å². The molecule has 0 aromatic heterocycles. The zero-order valence-corrected chi connectivity index (χ0v) is 13.4. The van der Waals surface area contributed by atoms with Gasteiger partial charge in [0.2, 0.25) is 5.91 Å². The normalized spacial score (nSPS) is 10.4. The second kappa shape index (κ2) is 10.4. The molecule has 0 saturated heterocycles. The van der Waals surface area contributed by atoms with Gasteiger partial charge in [0.1, 0.15) is 0 Å². The van der Waals surface area contributed by atoms with Crippen LogP contribution in [0.25, 0.3) is 0 Å². The fraction of sp³-hybridized carbons (Fsp3) is 0.529. The van der Waals surface area contributed by atoms with Crippen molar-refractivity contribution in [1.82, 2.24) is 0 Å². The molecule has 0 aliphatic heterocycles. The third-order valence-corrected chi connectivity index (χ3v) is 3.61. The third kappa shape index (κ3) is 7.86. The van der Waals surface area contributed by atoms with Gasteiger partial charge in [0.15, 0.2) is 5.78 Å². The number of anilines is 1. The number of hydrogen-bond donors (Lipinski definition) is 1. The second-order valence-corrected chi connectivity index (χ2v) is 5.53. The minimum atomic E-state index is -0.312. The second-order valence-electron chi connectivity index (χ2n) is 5.26. The largest absolute Gasteiger partial charge is 0.326 e. The summed E-state index contributed by atoms with van der Waals surface area (Å²) in [7, 11) is 0. The van der Waals surface area contributed by atoms with Gasteiger partial charge in [-0.25, -0.2) is 0 Å². The highest BCUT2D eigenvalue weighted by Gasteiger charge is 2.08. The number of unbranched alkanes of at least 4 members (excludes halogenated alkanes) is 4. The lowest BCUT2D eigenvalue weighted by atomic mass is 10.1. The van der Waals surface area contributed by atoms with Crippen LogP contribution in [0.1, 0.15) is 51.0 Å². The highest BCUT2D eigenvalue weighted by atomic mass is 35.5. The van der Waals surface area contributed by atoms with Crippen LogP contribution in [0.15, 0.2) is 24.3 Å². The van der Waals surface area contributed by atoms with Crippen molar-refractivity contribution < 1.29 is 9.59 Å². The minimum absolute atomic E-state index is 0.121. The van der Waals surface area contributed by atoms with Crippen LogP contribution in [0.2, 0.25) is 0 Å². The van der Waals surface area contributed by atoms with E-state index in [0.717, 1.165) is 12.1 Å². The zero-order valence-electron chi connectivity index (χ0n) is 12.7. The van der Waals surface area contributed by atoms with E-state index in [1.165, 1.54) is 37.7 Å². The Morgan fingerprint density at radius 2 is 1.71 bits per heavy atom. The summed E-state index contributed by atoms with van der Waals surface area (Å²) in [5, 5.41) is 2.70. The summed E-state index contributed by atoms with van der Waals surface area (Å²) >= 11 is 5.37. The monoisotopic (exact) mass is 309 g/mol. The molecule has 0 radical (unpaired) electrons. The predicted octanol–water partition coefficient (Wildman–Crippen LogP) is 4.34. The molecule has 0 bridgehead atoms. The molecule has 0 saturated carbocycles. The Hall–Kier alpha value is -1.35. The number of benzene rings is 1. The summed E-state index contributed by atoms with van der Waals surface area (Å²) in [6.45, 7) is 2.22. The molecule has 4 heteroatoms. The number of carbonyl (C=O) groups is 2. The topological polar surface area (TPSA) is 46.2 Å². The molecule has 0 heterocycles. The SMILES string of the molecule is CCCCCCCc1ccc(NC(=O)CC(=O)CCl)cc1. The quantitative estimate of drug-likeness (QED) is 0.397. The maximum absolute atomic E-state index is 11.5. The predicted molar refractivity (Wildman–Crippen MR) is 87.9 cm³/mol. The molecule has 116 valence electrons. The molecule has 21 heavy (non-hydrogen) atoms. The van der Waals surface area contributed by atoms with Gasteiger partial charge in [0.25, 0.3) is 0 Å². The molecular weight excluding hydrogens is 286 g/mol. The molecule has 1 N–H and O–H groups in total. The van der Waals surface area contributed by atoms with E-state index in [2.05, 4.69) is 12.2 Å². The van der Waals surface area contributed by atoms with Crippen LogP contribution in [-0.2, 0) is 16.0 Å². The van der Waals surface area contributed by atoms with Crippen LogP contribution in [0.4, 0.5) is 5.69 Å². The molecule has 0 unspecified atom stereocenters. The number of aryl methyl sites for hydroxylation is 1. The van der Waals surface area contributed by atoms with Crippen molar-refractivity contribution in [2.45, 2.75) is 51.9 Å². The number of halogens is 1. The minimum Gasteiger partial charge on any atom is -0.326 e. The number of carbonyl (C=O) groups excluding carboxylic acids is 2. The van der Waals surface area contributed by atoms with Gasteiger partial charge in [-0.1, -0.05) is 44.7 Å². The molecule has 1 aromatic carbocycles. The molecular formula is C17H24ClNO2. The van der Waals surface area contributed by atoms with E-state index in [0.29, 0.717) is 0 Å². The van der Waals surface area contributed by atoms with Gasteiger partial charge in [-0.15, -0.1) is 11.6 Å². The van der Waals surface area contributed by atoms with Crippen LogP contribution in [0, 0.1) is 0 Å². The van der Waals surface area contributed by atoms with Gasteiger partial charge in [-0.2, -0.15) is 0 Å². The first kappa shape index (κ1) is 17.7.